The predicted molar refractivity (Wildman–Crippen MR) is 53.5 cm³/mol. The van der Waals surface area contributed by atoms with Gasteiger partial charge in [-0.25, -0.2) is 0 Å². The number of halogens is 2. The molecule has 9 heteroatoms. The molecule has 0 aromatic heterocycles. The molecule has 0 N–H and O–H groups in total. The second-order valence-corrected chi connectivity index (χ2v) is 96.0. The van der Waals surface area contributed by atoms with Crippen molar-refractivity contribution in [1.29, 1.82) is 0 Å². The molecule has 2 rings (SSSR count). The monoisotopic (exact) mass is 937 g/mol. The zero-order valence-corrected chi connectivity index (χ0v) is 26.1. The molecule has 0 fully saturated rings. The van der Waals surface area contributed by atoms with Crippen molar-refractivity contribution >= 4 is 94.0 Å². The van der Waals surface area contributed by atoms with Gasteiger partial charge in [0.2, 0.25) is 0 Å². The third-order valence-electron chi connectivity index (χ3n) is 1.09. The van der Waals surface area contributed by atoms with Crippen molar-refractivity contribution in [1.82, 2.24) is 0 Å². The third-order valence-corrected chi connectivity index (χ3v) is 120. The number of rotatable bonds is 2. The Hall–Kier alpha value is 5.85. The first kappa shape index (κ1) is 18.9. The van der Waals surface area contributed by atoms with Gasteiger partial charge in [0.1, 0.15) is 0 Å². The van der Waals surface area contributed by atoms with Gasteiger partial charge < -0.3 is 24.8 Å². The quantitative estimate of drug-likeness (QED) is 0.242. The Morgan fingerprint density at radius 1 is 0.923 bits per heavy atom. The normalized spacial score (nSPS) is 16.9. The van der Waals surface area contributed by atoms with Gasteiger partial charge in [-0.1, -0.05) is 0 Å². The molecule has 0 saturated heterocycles. The first-order valence-corrected chi connectivity index (χ1v) is 48.5. The average molecular weight is 945 g/mol. The fraction of sp³-hybridized carbons (Fsp3) is 0. The summed E-state index contributed by atoms with van der Waals surface area (Å²) in [6.45, 7) is 0. The van der Waals surface area contributed by atoms with E-state index in [4.69, 9.17) is 0 Å². The Morgan fingerprint density at radius 3 is 1.69 bits per heavy atom. The van der Waals surface area contributed by atoms with Crippen LogP contribution < -0.4 is 24.8 Å². The molecule has 0 aromatic rings. The summed E-state index contributed by atoms with van der Waals surface area (Å²) in [5.74, 6) is 0. The molecule has 0 nitrogen and oxygen atoms in total. The molecule has 0 aliphatic carbocycles. The van der Waals surface area contributed by atoms with Gasteiger partial charge >= 0.3 is 128 Å². The van der Waals surface area contributed by atoms with Crippen LogP contribution in [0.1, 0.15) is 0 Å². The van der Waals surface area contributed by atoms with Crippen LogP contribution in [0.2, 0.25) is 0 Å². The molecular weight excluding hydrogens is 941 g/mol. The smallest absolute Gasteiger partial charge is 1.00 e. The van der Waals surface area contributed by atoms with Crippen LogP contribution >= 0.6 is 0 Å². The molecule has 13 heavy (non-hydrogen) atoms. The van der Waals surface area contributed by atoms with E-state index in [-0.39, 0.29) is 48.0 Å². The van der Waals surface area contributed by atoms with Crippen LogP contribution in [0.4, 0.5) is 0 Å². The molecule has 2 heterocycles. The average Bonchev–Trinajstić information content (AvgIpc) is 2.60. The van der Waals surface area contributed by atoms with E-state index in [0.29, 0.717) is 94.0 Å². The van der Waals surface area contributed by atoms with Crippen molar-refractivity contribution in [3.05, 3.63) is 10.5 Å². The third kappa shape index (κ3) is 7.89. The van der Waals surface area contributed by atoms with Crippen LogP contribution in [-0.2, 0) is 23.2 Å². The van der Waals surface area contributed by atoms with E-state index in [1.54, 1.807) is 0 Å². The summed E-state index contributed by atoms with van der Waals surface area (Å²) in [5.41, 5.74) is 0. The van der Waals surface area contributed by atoms with Gasteiger partial charge in [0.05, 0.1) is 0 Å². The van der Waals surface area contributed by atoms with E-state index in [1.165, 1.54) is 0 Å². The maximum absolute atomic E-state index is 2.88. The van der Waals surface area contributed by atoms with Crippen LogP contribution in [0, 0.1) is 0 Å². The van der Waals surface area contributed by atoms with Gasteiger partial charge in [-0.2, -0.15) is 0 Å². The molecule has 0 saturated carbocycles. The summed E-state index contributed by atoms with van der Waals surface area (Å²) in [4.78, 5) is 0. The van der Waals surface area contributed by atoms with Crippen molar-refractivity contribution in [3.8, 4) is 0 Å². The summed E-state index contributed by atoms with van der Waals surface area (Å²) in [6.07, 6.45) is 0. The Balaban J connectivity index is 0.000000720. The van der Waals surface area contributed by atoms with E-state index >= 15 is 0 Å². The van der Waals surface area contributed by atoms with Crippen molar-refractivity contribution in [2.45, 2.75) is 0 Å². The van der Waals surface area contributed by atoms with Gasteiger partial charge in [-0.3, -0.25) is 0 Å². The van der Waals surface area contributed by atoms with Crippen LogP contribution in [0.3, 0.4) is 0 Å². The Labute approximate surface area is 147 Å². The molecule has 0 atom stereocenters. The molecule has 0 spiro atoms. The summed E-state index contributed by atoms with van der Waals surface area (Å²) in [6, 6.07) is 0. The van der Waals surface area contributed by atoms with Crippen LogP contribution in [0.25, 0.3) is 0 Å². The zero-order valence-electron chi connectivity index (χ0n) is 6.20. The van der Waals surface area contributed by atoms with E-state index in [0.717, 1.165) is 0 Å². The van der Waals surface area contributed by atoms with Gasteiger partial charge in [-0.15, -0.1) is 0 Å². The van der Waals surface area contributed by atoms with E-state index in [9.17, 15) is 0 Å². The van der Waals surface area contributed by atoms with Crippen molar-refractivity contribution < 1.29 is 48.0 Å². The van der Waals surface area contributed by atoms with Gasteiger partial charge in [0.25, 0.3) is 0 Å². The first-order valence-electron chi connectivity index (χ1n) is 2.95. The van der Waals surface area contributed by atoms with Gasteiger partial charge in [0.15, 0.2) is 0 Å². The molecule has 0 amide bonds. The molecule has 2 aliphatic heterocycles. The molecule has 68 valence electrons. The number of hydrogen-bond acceptors (Lipinski definition) is 0. The second kappa shape index (κ2) is 11.7. The van der Waals surface area contributed by atoms with Crippen LogP contribution in [0.15, 0.2) is 10.5 Å². The molecule has 0 bridgehead atoms. The van der Waals surface area contributed by atoms with Gasteiger partial charge in [-0.05, 0) is 0 Å². The molecular formula is C4H4Cl2Sb6Zr. The molecule has 0 radical (unpaired) electrons. The summed E-state index contributed by atoms with van der Waals surface area (Å²) < 4.78 is 10.3. The largest absolute Gasteiger partial charge is 1.00 e. The summed E-state index contributed by atoms with van der Waals surface area (Å²) >= 11 is 3.11. The minimum atomic E-state index is 0. The topological polar surface area (TPSA) is 0 Å². The van der Waals surface area contributed by atoms with E-state index < -0.39 is 0 Å². The summed E-state index contributed by atoms with van der Waals surface area (Å²) in [7, 11) is 0. The van der Waals surface area contributed by atoms with E-state index in [1.807, 2.05) is 0 Å². The van der Waals surface area contributed by atoms with Crippen molar-refractivity contribution in [3.63, 3.8) is 0 Å². The Bertz CT molecular complexity index is 256. The van der Waals surface area contributed by atoms with Crippen LogP contribution in [-0.4, -0.2) is 94.0 Å². The molecule has 0 aromatic carbocycles. The Kier molecular flexibility index (Phi) is 16.9. The van der Waals surface area contributed by atoms with Crippen molar-refractivity contribution in [2.24, 2.45) is 0 Å². The maximum atomic E-state index is 2.88. The van der Waals surface area contributed by atoms with Gasteiger partial charge in [0, 0.05) is 0 Å². The number of hydrogen-bond donors (Lipinski definition) is 0. The van der Waals surface area contributed by atoms with Crippen LogP contribution in [0.5, 0.6) is 0 Å². The second-order valence-electron chi connectivity index (χ2n) is 1.84. The standard InChI is InChI=1S/2C2H.2ClH.6Sb.Zr.2H/c2*1-2;;;;;;;;;;;/h2*1H;2*1H;;;;;;;;;/q;;;;;;;;;;+2;;/p-2. The molecule has 0 unspecified atom stereocenters. The zero-order chi connectivity index (χ0) is 7.52. The Morgan fingerprint density at radius 2 is 1.38 bits per heavy atom. The minimum Gasteiger partial charge on any atom is -1.00 e. The predicted octanol–water partition coefficient (Wildman–Crippen LogP) is -7.95. The SMILES string of the molecule is [CH]1=[C]([Zr+2][C]2=[CH][SbH][Sb]=[Sb]2)[Sb]=[Sb][SbH]1.[Cl-].[Cl-]. The van der Waals surface area contributed by atoms with Crippen molar-refractivity contribution in [2.75, 3.05) is 0 Å². The minimum absolute atomic E-state index is 0. The fourth-order valence-corrected chi connectivity index (χ4v) is 219. The fourth-order valence-electron chi connectivity index (χ4n) is 0.657. The maximum Gasteiger partial charge on any atom is -1.00 e. The first-order chi connectivity index (χ1) is 5.45. The summed E-state index contributed by atoms with van der Waals surface area (Å²) in [5, 5.41) is 0. The van der Waals surface area contributed by atoms with E-state index in [2.05, 4.69) is 10.5 Å². The molecule has 2 aliphatic rings.